The number of amides is 1. The topological polar surface area (TPSA) is 48.5 Å². The number of carbonyl (C=O) groups is 1. The molecular weight excluding hydrogens is 368 g/mol. The third-order valence-corrected chi connectivity index (χ3v) is 6.71. The Labute approximate surface area is 171 Å². The van der Waals surface area contributed by atoms with Gasteiger partial charge in [0.05, 0.1) is 11.7 Å². The second kappa shape index (κ2) is 9.16. The number of benzene rings is 1. The molecule has 4 rings (SSSR count). The average molecular weight is 399 g/mol. The van der Waals surface area contributed by atoms with Crippen LogP contribution in [0.5, 0.6) is 0 Å². The van der Waals surface area contributed by atoms with Gasteiger partial charge in [0.25, 0.3) is 0 Å². The van der Waals surface area contributed by atoms with Crippen LogP contribution in [-0.2, 0) is 24.3 Å². The van der Waals surface area contributed by atoms with E-state index in [4.69, 9.17) is 4.98 Å². The molecule has 0 radical (unpaired) electrons. The molecule has 28 heavy (non-hydrogen) atoms. The maximum Gasteiger partial charge on any atom is 0.243 e. The highest BCUT2D eigenvalue weighted by molar-refractivity contribution is 7.15. The van der Waals surface area contributed by atoms with Gasteiger partial charge in [0, 0.05) is 30.9 Å². The summed E-state index contributed by atoms with van der Waals surface area (Å²) < 4.78 is 0. The lowest BCUT2D eigenvalue weighted by Crippen LogP contribution is -2.47. The Balaban J connectivity index is 1.38. The maximum absolute atomic E-state index is 12.9. The number of piperidine rings is 1. The normalized spacial score (nSPS) is 20.7. The van der Waals surface area contributed by atoms with Crippen molar-refractivity contribution < 1.29 is 4.79 Å². The summed E-state index contributed by atoms with van der Waals surface area (Å²) in [5.74, 6) is 0.125. The smallest absolute Gasteiger partial charge is 0.243 e. The fraction of sp³-hybridized carbons (Fsp3) is 0.545. The number of nitrogens with one attached hydrogen (secondary N) is 1. The molecule has 1 N–H and O–H groups in total. The summed E-state index contributed by atoms with van der Waals surface area (Å²) in [6, 6.07) is 10.6. The van der Waals surface area contributed by atoms with Crippen LogP contribution in [-0.4, -0.2) is 46.4 Å². The van der Waals surface area contributed by atoms with E-state index in [2.05, 4.69) is 52.4 Å². The second-order valence-electron chi connectivity index (χ2n) is 7.87. The zero-order valence-electron chi connectivity index (χ0n) is 16.7. The van der Waals surface area contributed by atoms with Crippen molar-refractivity contribution in [3.63, 3.8) is 0 Å². The summed E-state index contributed by atoms with van der Waals surface area (Å²) in [6.07, 6.45) is 5.35. The minimum atomic E-state index is 0.00390. The van der Waals surface area contributed by atoms with Gasteiger partial charge in [-0.05, 0) is 37.9 Å². The van der Waals surface area contributed by atoms with Crippen LogP contribution < -0.4 is 5.32 Å². The van der Waals surface area contributed by atoms with Crippen LogP contribution in [0.25, 0.3) is 0 Å². The Morgan fingerprint density at radius 2 is 2.11 bits per heavy atom. The van der Waals surface area contributed by atoms with Crippen LogP contribution in [0.3, 0.4) is 0 Å². The highest BCUT2D eigenvalue weighted by Gasteiger charge is 2.29. The standard InChI is InChI=1S/C22H30N4OS/c1-2-12-26-13-7-6-10-19(26)21(27)24-22-23-18-11-14-25(16-20(18)28-22)15-17-8-4-3-5-9-17/h3-5,8-9,19H,2,6-7,10-16H2,1H3,(H,23,24,27). The number of fused-ring (bicyclic) bond motifs is 1. The van der Waals surface area contributed by atoms with E-state index in [9.17, 15) is 4.79 Å². The summed E-state index contributed by atoms with van der Waals surface area (Å²) in [5.41, 5.74) is 2.51. The number of rotatable bonds is 6. The number of hydrogen-bond donors (Lipinski definition) is 1. The number of anilines is 1. The van der Waals surface area contributed by atoms with Gasteiger partial charge in [-0.2, -0.15) is 0 Å². The maximum atomic E-state index is 12.9. The minimum absolute atomic E-state index is 0.00390. The van der Waals surface area contributed by atoms with Crippen molar-refractivity contribution in [2.45, 2.75) is 58.2 Å². The van der Waals surface area contributed by atoms with Crippen LogP contribution >= 0.6 is 11.3 Å². The van der Waals surface area contributed by atoms with Crippen LogP contribution in [0.2, 0.25) is 0 Å². The predicted molar refractivity (Wildman–Crippen MR) is 115 cm³/mol. The summed E-state index contributed by atoms with van der Waals surface area (Å²) in [7, 11) is 0. The zero-order valence-corrected chi connectivity index (χ0v) is 17.5. The zero-order chi connectivity index (χ0) is 19.3. The molecule has 1 aromatic carbocycles. The molecule has 3 heterocycles. The summed E-state index contributed by atoms with van der Waals surface area (Å²) in [4.78, 5) is 23.7. The van der Waals surface area contributed by atoms with Gasteiger partial charge in [0.15, 0.2) is 5.13 Å². The van der Waals surface area contributed by atoms with E-state index < -0.39 is 0 Å². The molecule has 2 aliphatic heterocycles. The van der Waals surface area contributed by atoms with E-state index in [-0.39, 0.29) is 11.9 Å². The Bertz CT molecular complexity index is 789. The van der Waals surface area contributed by atoms with E-state index >= 15 is 0 Å². The summed E-state index contributed by atoms with van der Waals surface area (Å²) >= 11 is 1.65. The third-order valence-electron chi connectivity index (χ3n) is 5.72. The summed E-state index contributed by atoms with van der Waals surface area (Å²) in [5, 5.41) is 3.91. The van der Waals surface area contributed by atoms with E-state index in [1.807, 2.05) is 0 Å². The first-order chi connectivity index (χ1) is 13.7. The molecule has 1 fully saturated rings. The molecule has 1 atom stereocenters. The average Bonchev–Trinajstić information content (AvgIpc) is 3.11. The van der Waals surface area contributed by atoms with Crippen LogP contribution in [0, 0.1) is 0 Å². The molecule has 0 spiro atoms. The molecule has 0 aliphatic carbocycles. The SMILES string of the molecule is CCCN1CCCCC1C(=O)Nc1nc2c(s1)CN(Cc1ccccc1)CC2. The first kappa shape index (κ1) is 19.6. The number of hydrogen-bond acceptors (Lipinski definition) is 5. The van der Waals surface area contributed by atoms with Crippen molar-refractivity contribution in [3.05, 3.63) is 46.5 Å². The van der Waals surface area contributed by atoms with Crippen molar-refractivity contribution in [2.75, 3.05) is 25.0 Å². The quantitative estimate of drug-likeness (QED) is 0.802. The molecule has 1 amide bonds. The monoisotopic (exact) mass is 398 g/mol. The highest BCUT2D eigenvalue weighted by Crippen LogP contribution is 2.29. The van der Waals surface area contributed by atoms with Crippen molar-refractivity contribution >= 4 is 22.4 Å². The van der Waals surface area contributed by atoms with Gasteiger partial charge in [-0.25, -0.2) is 4.98 Å². The van der Waals surface area contributed by atoms with Gasteiger partial charge in [-0.1, -0.05) is 43.7 Å². The molecule has 1 aromatic heterocycles. The molecule has 2 aliphatic rings. The predicted octanol–water partition coefficient (Wildman–Crippen LogP) is 3.90. The van der Waals surface area contributed by atoms with E-state index in [0.717, 1.165) is 63.5 Å². The van der Waals surface area contributed by atoms with Crippen molar-refractivity contribution in [3.8, 4) is 0 Å². The second-order valence-corrected chi connectivity index (χ2v) is 8.96. The van der Waals surface area contributed by atoms with Gasteiger partial charge in [0.1, 0.15) is 0 Å². The molecule has 2 aromatic rings. The van der Waals surface area contributed by atoms with E-state index in [1.54, 1.807) is 11.3 Å². The van der Waals surface area contributed by atoms with Crippen LogP contribution in [0.15, 0.2) is 30.3 Å². The molecule has 0 saturated carbocycles. The molecule has 150 valence electrons. The first-order valence-corrected chi connectivity index (χ1v) is 11.3. The number of thiazole rings is 1. The highest BCUT2D eigenvalue weighted by atomic mass is 32.1. The van der Waals surface area contributed by atoms with Gasteiger partial charge in [0.2, 0.25) is 5.91 Å². The molecule has 0 bridgehead atoms. The van der Waals surface area contributed by atoms with Crippen LogP contribution in [0.4, 0.5) is 5.13 Å². The van der Waals surface area contributed by atoms with Crippen molar-refractivity contribution in [1.29, 1.82) is 0 Å². The lowest BCUT2D eigenvalue weighted by Gasteiger charge is -2.34. The lowest BCUT2D eigenvalue weighted by molar-refractivity contribution is -0.122. The Morgan fingerprint density at radius 3 is 2.93 bits per heavy atom. The van der Waals surface area contributed by atoms with Gasteiger partial charge in [-0.15, -0.1) is 11.3 Å². The molecule has 5 nitrogen and oxygen atoms in total. The minimum Gasteiger partial charge on any atom is -0.301 e. The Hall–Kier alpha value is -1.76. The fourth-order valence-electron chi connectivity index (χ4n) is 4.31. The van der Waals surface area contributed by atoms with Gasteiger partial charge in [-0.3, -0.25) is 14.6 Å². The molecule has 1 unspecified atom stereocenters. The summed E-state index contributed by atoms with van der Waals surface area (Å²) in [6.45, 7) is 7.12. The Morgan fingerprint density at radius 1 is 1.25 bits per heavy atom. The largest absolute Gasteiger partial charge is 0.301 e. The lowest BCUT2D eigenvalue weighted by atomic mass is 10.0. The number of likely N-dealkylation sites (tertiary alicyclic amines) is 1. The first-order valence-electron chi connectivity index (χ1n) is 10.5. The number of carbonyl (C=O) groups excluding carboxylic acids is 1. The van der Waals surface area contributed by atoms with Crippen molar-refractivity contribution in [2.24, 2.45) is 0 Å². The third kappa shape index (κ3) is 4.62. The van der Waals surface area contributed by atoms with Crippen molar-refractivity contribution in [1.82, 2.24) is 14.8 Å². The molecule has 6 heteroatoms. The van der Waals surface area contributed by atoms with Crippen LogP contribution in [0.1, 0.15) is 48.7 Å². The van der Waals surface area contributed by atoms with E-state index in [1.165, 1.54) is 22.6 Å². The fourth-order valence-corrected chi connectivity index (χ4v) is 5.36. The van der Waals surface area contributed by atoms with E-state index in [0.29, 0.717) is 0 Å². The number of nitrogens with zero attached hydrogens (tertiary/aromatic N) is 3. The van der Waals surface area contributed by atoms with Gasteiger partial charge < -0.3 is 5.32 Å². The van der Waals surface area contributed by atoms with Gasteiger partial charge >= 0.3 is 0 Å². The molecule has 1 saturated heterocycles. The Kier molecular flexibility index (Phi) is 6.40. The molecular formula is C22H30N4OS. The number of aromatic nitrogens is 1.